The summed E-state index contributed by atoms with van der Waals surface area (Å²) in [5.74, 6) is 0.124. The SMILES string of the molecule is CC(Oc1ccc2c(=O)c(Oc3ccccc3)coc2c1)c1ccc(C(=O)O)o1. The fourth-order valence-corrected chi connectivity index (χ4v) is 2.80. The molecule has 4 aromatic rings. The number of rotatable bonds is 6. The molecule has 0 saturated carbocycles. The number of fused-ring (bicyclic) bond motifs is 1. The molecule has 0 amide bonds. The summed E-state index contributed by atoms with van der Waals surface area (Å²) in [4.78, 5) is 23.6. The number of aromatic carboxylic acids is 1. The van der Waals surface area contributed by atoms with Crippen molar-refractivity contribution < 1.29 is 28.2 Å². The quantitative estimate of drug-likeness (QED) is 0.492. The zero-order valence-corrected chi connectivity index (χ0v) is 15.3. The number of hydrogen-bond acceptors (Lipinski definition) is 6. The van der Waals surface area contributed by atoms with Crippen molar-refractivity contribution in [1.82, 2.24) is 0 Å². The molecule has 0 saturated heterocycles. The zero-order chi connectivity index (χ0) is 20.4. The van der Waals surface area contributed by atoms with Gasteiger partial charge in [-0.1, -0.05) is 18.2 Å². The first-order valence-corrected chi connectivity index (χ1v) is 8.79. The van der Waals surface area contributed by atoms with Crippen molar-refractivity contribution in [2.24, 2.45) is 0 Å². The highest BCUT2D eigenvalue weighted by Crippen LogP contribution is 2.27. The number of para-hydroxylation sites is 1. The second-order valence-electron chi connectivity index (χ2n) is 6.27. The third kappa shape index (κ3) is 3.84. The van der Waals surface area contributed by atoms with E-state index in [4.69, 9.17) is 23.4 Å². The van der Waals surface area contributed by atoms with Gasteiger partial charge in [0.1, 0.15) is 29.1 Å². The molecule has 7 nitrogen and oxygen atoms in total. The van der Waals surface area contributed by atoms with Crippen LogP contribution in [0.4, 0.5) is 0 Å². The Kier molecular flexibility index (Phi) is 4.78. The lowest BCUT2D eigenvalue weighted by Gasteiger charge is -2.13. The summed E-state index contributed by atoms with van der Waals surface area (Å²) in [6.45, 7) is 1.72. The standard InChI is InChI=1S/C22H16O7/c1-13(17-9-10-18(29-17)22(24)25)27-15-7-8-16-19(11-15)26-12-20(21(16)23)28-14-5-3-2-4-6-14/h2-13H,1H3,(H,24,25). The van der Waals surface area contributed by atoms with E-state index in [0.29, 0.717) is 28.2 Å². The predicted octanol–water partition coefficient (Wildman–Crippen LogP) is 5.02. The smallest absolute Gasteiger partial charge is 0.371 e. The second-order valence-corrected chi connectivity index (χ2v) is 6.27. The molecule has 7 heteroatoms. The Labute approximate surface area is 164 Å². The highest BCUT2D eigenvalue weighted by Gasteiger charge is 2.16. The number of benzene rings is 2. The normalized spacial score (nSPS) is 11.9. The van der Waals surface area contributed by atoms with Crippen molar-refractivity contribution in [2.75, 3.05) is 0 Å². The van der Waals surface area contributed by atoms with Crippen LogP contribution in [0, 0.1) is 0 Å². The summed E-state index contributed by atoms with van der Waals surface area (Å²) >= 11 is 0. The molecule has 29 heavy (non-hydrogen) atoms. The van der Waals surface area contributed by atoms with E-state index in [1.54, 1.807) is 55.5 Å². The minimum absolute atomic E-state index is 0.0857. The van der Waals surface area contributed by atoms with Crippen LogP contribution < -0.4 is 14.9 Å². The highest BCUT2D eigenvalue weighted by molar-refractivity contribution is 5.84. The Bertz CT molecular complexity index is 1220. The number of ether oxygens (including phenoxy) is 2. The first kappa shape index (κ1) is 18.4. The van der Waals surface area contributed by atoms with Crippen LogP contribution in [-0.4, -0.2) is 11.1 Å². The fraction of sp³-hybridized carbons (Fsp3) is 0.0909. The molecule has 0 aliphatic carbocycles. The maximum atomic E-state index is 12.7. The molecule has 1 unspecified atom stereocenters. The molecule has 2 aromatic carbocycles. The Morgan fingerprint density at radius 1 is 1.03 bits per heavy atom. The Hall–Kier alpha value is -4.00. The molecule has 0 spiro atoms. The maximum Gasteiger partial charge on any atom is 0.371 e. The summed E-state index contributed by atoms with van der Waals surface area (Å²) < 4.78 is 22.2. The largest absolute Gasteiger partial charge is 0.483 e. The van der Waals surface area contributed by atoms with Crippen molar-refractivity contribution >= 4 is 16.9 Å². The van der Waals surface area contributed by atoms with Gasteiger partial charge in [-0.3, -0.25) is 4.79 Å². The van der Waals surface area contributed by atoms with Crippen molar-refractivity contribution in [3.8, 4) is 17.2 Å². The molecular formula is C22H16O7. The molecule has 0 aliphatic rings. The van der Waals surface area contributed by atoms with Crippen molar-refractivity contribution in [1.29, 1.82) is 0 Å². The average molecular weight is 392 g/mol. The Morgan fingerprint density at radius 3 is 2.55 bits per heavy atom. The van der Waals surface area contributed by atoms with E-state index in [1.165, 1.54) is 12.3 Å². The molecule has 1 atom stereocenters. The number of carboxylic acid groups (broad SMARTS) is 1. The summed E-state index contributed by atoms with van der Waals surface area (Å²) in [7, 11) is 0. The van der Waals surface area contributed by atoms with Gasteiger partial charge in [-0.2, -0.15) is 0 Å². The van der Waals surface area contributed by atoms with Crippen LogP contribution in [0.3, 0.4) is 0 Å². The fourth-order valence-electron chi connectivity index (χ4n) is 2.80. The van der Waals surface area contributed by atoms with E-state index >= 15 is 0 Å². The third-order valence-electron chi connectivity index (χ3n) is 4.24. The number of furan rings is 1. The van der Waals surface area contributed by atoms with Crippen LogP contribution in [0.25, 0.3) is 11.0 Å². The van der Waals surface area contributed by atoms with Crippen LogP contribution >= 0.6 is 0 Å². The van der Waals surface area contributed by atoms with Gasteiger partial charge in [-0.25, -0.2) is 4.79 Å². The van der Waals surface area contributed by atoms with Gasteiger partial charge in [-0.05, 0) is 43.3 Å². The summed E-state index contributed by atoms with van der Waals surface area (Å²) in [6.07, 6.45) is 0.726. The molecular weight excluding hydrogens is 376 g/mol. The zero-order valence-electron chi connectivity index (χ0n) is 15.3. The average Bonchev–Trinajstić information content (AvgIpc) is 3.22. The molecule has 0 radical (unpaired) electrons. The van der Waals surface area contributed by atoms with Gasteiger partial charge in [-0.15, -0.1) is 0 Å². The molecule has 2 heterocycles. The van der Waals surface area contributed by atoms with E-state index in [2.05, 4.69) is 0 Å². The Balaban J connectivity index is 1.57. The minimum Gasteiger partial charge on any atom is -0.483 e. The van der Waals surface area contributed by atoms with Gasteiger partial charge in [0.2, 0.25) is 16.9 Å². The Morgan fingerprint density at radius 2 is 1.83 bits per heavy atom. The molecule has 1 N–H and O–H groups in total. The van der Waals surface area contributed by atoms with E-state index in [0.717, 1.165) is 0 Å². The number of carboxylic acids is 1. The molecule has 146 valence electrons. The molecule has 4 rings (SSSR count). The van der Waals surface area contributed by atoms with Crippen LogP contribution in [0.1, 0.15) is 29.3 Å². The van der Waals surface area contributed by atoms with Crippen molar-refractivity contribution in [3.63, 3.8) is 0 Å². The van der Waals surface area contributed by atoms with Gasteiger partial charge >= 0.3 is 5.97 Å². The van der Waals surface area contributed by atoms with Crippen LogP contribution in [0.15, 0.2) is 80.6 Å². The van der Waals surface area contributed by atoms with E-state index in [1.807, 2.05) is 6.07 Å². The number of hydrogen-bond donors (Lipinski definition) is 1. The molecule has 0 bridgehead atoms. The van der Waals surface area contributed by atoms with E-state index < -0.39 is 12.1 Å². The van der Waals surface area contributed by atoms with Gasteiger partial charge in [0, 0.05) is 6.07 Å². The summed E-state index contributed by atoms with van der Waals surface area (Å²) in [5.41, 5.74) is 0.0395. The van der Waals surface area contributed by atoms with E-state index in [-0.39, 0.29) is 16.9 Å². The highest BCUT2D eigenvalue weighted by atomic mass is 16.5. The predicted molar refractivity (Wildman–Crippen MR) is 104 cm³/mol. The van der Waals surface area contributed by atoms with Crippen LogP contribution in [0.2, 0.25) is 0 Å². The monoisotopic (exact) mass is 392 g/mol. The summed E-state index contributed by atoms with van der Waals surface area (Å²) in [6, 6.07) is 16.7. The molecule has 0 aliphatic heterocycles. The first-order valence-electron chi connectivity index (χ1n) is 8.79. The van der Waals surface area contributed by atoms with Crippen LogP contribution in [-0.2, 0) is 0 Å². The van der Waals surface area contributed by atoms with Gasteiger partial charge < -0.3 is 23.4 Å². The number of carbonyl (C=O) groups is 1. The second kappa shape index (κ2) is 7.55. The maximum absolute atomic E-state index is 12.7. The van der Waals surface area contributed by atoms with Gasteiger partial charge in [0.05, 0.1) is 5.39 Å². The molecule has 0 fully saturated rings. The topological polar surface area (TPSA) is 99.1 Å². The van der Waals surface area contributed by atoms with Gasteiger partial charge in [0.15, 0.2) is 6.10 Å². The van der Waals surface area contributed by atoms with Crippen molar-refractivity contribution in [3.05, 3.63) is 88.7 Å². The van der Waals surface area contributed by atoms with Gasteiger partial charge in [0.25, 0.3) is 0 Å². The lowest BCUT2D eigenvalue weighted by atomic mass is 10.2. The lowest BCUT2D eigenvalue weighted by Crippen LogP contribution is -2.06. The first-order chi connectivity index (χ1) is 14.0. The summed E-state index contributed by atoms with van der Waals surface area (Å²) in [5, 5.41) is 9.29. The third-order valence-corrected chi connectivity index (χ3v) is 4.24. The minimum atomic E-state index is -1.15. The molecule has 2 aromatic heterocycles. The lowest BCUT2D eigenvalue weighted by molar-refractivity contribution is 0.0655. The van der Waals surface area contributed by atoms with E-state index in [9.17, 15) is 9.59 Å². The van der Waals surface area contributed by atoms with Crippen molar-refractivity contribution in [2.45, 2.75) is 13.0 Å². The van der Waals surface area contributed by atoms with Crippen LogP contribution in [0.5, 0.6) is 17.2 Å².